The molecule has 0 radical (unpaired) electrons. The van der Waals surface area contributed by atoms with Gasteiger partial charge in [0.25, 0.3) is 11.8 Å². The van der Waals surface area contributed by atoms with Crippen LogP contribution in [-0.4, -0.2) is 27.2 Å². The van der Waals surface area contributed by atoms with Gasteiger partial charge in [-0.25, -0.2) is 0 Å². The van der Waals surface area contributed by atoms with Gasteiger partial charge in [0, 0.05) is 28.3 Å². The summed E-state index contributed by atoms with van der Waals surface area (Å²) in [7, 11) is 0. The molecule has 2 unspecified atom stereocenters. The number of aryl methyl sites for hydroxylation is 1. The van der Waals surface area contributed by atoms with Crippen LogP contribution in [0.1, 0.15) is 39.6 Å². The molecule has 2 atom stereocenters. The van der Waals surface area contributed by atoms with E-state index in [1.165, 1.54) is 11.5 Å². The van der Waals surface area contributed by atoms with Gasteiger partial charge in [0.1, 0.15) is 4.88 Å². The highest BCUT2D eigenvalue weighted by atomic mass is 32.1. The first-order valence-corrected chi connectivity index (χ1v) is 8.95. The molecule has 1 aromatic carbocycles. The molecule has 0 saturated heterocycles. The molecule has 1 aliphatic heterocycles. The molecule has 130 valence electrons. The van der Waals surface area contributed by atoms with Crippen LogP contribution >= 0.6 is 11.5 Å². The number of aromatic amines is 2. The molecular formula is C17H19N5O2S. The summed E-state index contributed by atoms with van der Waals surface area (Å²) >= 11 is 1.25. The molecule has 0 bridgehead atoms. The Morgan fingerprint density at radius 2 is 2.04 bits per heavy atom. The first-order valence-electron chi connectivity index (χ1n) is 8.14. The van der Waals surface area contributed by atoms with Crippen molar-refractivity contribution in [2.75, 3.05) is 0 Å². The zero-order chi connectivity index (χ0) is 17.6. The van der Waals surface area contributed by atoms with Crippen LogP contribution in [0.2, 0.25) is 0 Å². The molecule has 0 spiro atoms. The number of aromatic nitrogens is 2. The number of nitrogens with one attached hydrogen (secondary N) is 5. The van der Waals surface area contributed by atoms with Crippen LogP contribution in [0.5, 0.6) is 0 Å². The van der Waals surface area contributed by atoms with Crippen molar-refractivity contribution >= 4 is 34.2 Å². The van der Waals surface area contributed by atoms with E-state index < -0.39 is 6.04 Å². The van der Waals surface area contributed by atoms with E-state index in [9.17, 15) is 9.59 Å². The molecule has 8 heteroatoms. The maximum atomic E-state index is 12.5. The van der Waals surface area contributed by atoms with Crippen LogP contribution < -0.4 is 16.2 Å². The topological polar surface area (TPSA) is 102 Å². The highest BCUT2D eigenvalue weighted by molar-refractivity contribution is 7.09. The summed E-state index contributed by atoms with van der Waals surface area (Å²) in [6.07, 6.45) is 0.573. The summed E-state index contributed by atoms with van der Waals surface area (Å²) in [5.41, 5.74) is 9.17. The Hall–Kier alpha value is -2.58. The quantitative estimate of drug-likeness (QED) is 0.453. The third-order valence-corrected chi connectivity index (χ3v) is 5.71. The van der Waals surface area contributed by atoms with Crippen molar-refractivity contribution in [2.24, 2.45) is 0 Å². The standard InChI is InChI=1S/C17H19N5O2S/c1-8-14-11(10-5-3-4-6-12(10)19-14)7-13(18-8)16(23)20-21-17(24)15-9(2)22-25-15/h3-6,8,13,18-19,22H,7H2,1-2H3,(H,20,23)(H,21,24). The molecule has 7 nitrogen and oxygen atoms in total. The highest BCUT2D eigenvalue weighted by Crippen LogP contribution is 2.31. The Morgan fingerprint density at radius 3 is 2.76 bits per heavy atom. The van der Waals surface area contributed by atoms with Crippen molar-refractivity contribution in [3.8, 4) is 0 Å². The number of para-hydroxylation sites is 1. The van der Waals surface area contributed by atoms with Gasteiger partial charge in [0.2, 0.25) is 0 Å². The Labute approximate surface area is 148 Å². The average molecular weight is 357 g/mol. The van der Waals surface area contributed by atoms with E-state index in [4.69, 9.17) is 0 Å². The molecule has 25 heavy (non-hydrogen) atoms. The van der Waals surface area contributed by atoms with Gasteiger partial charge in [-0.3, -0.25) is 25.8 Å². The highest BCUT2D eigenvalue weighted by Gasteiger charge is 2.31. The minimum Gasteiger partial charge on any atom is -0.357 e. The molecule has 4 rings (SSSR count). The zero-order valence-electron chi connectivity index (χ0n) is 13.9. The second-order valence-electron chi connectivity index (χ2n) is 6.31. The van der Waals surface area contributed by atoms with Crippen molar-refractivity contribution in [1.82, 2.24) is 25.5 Å². The Bertz CT molecular complexity index is 953. The number of hydrazine groups is 1. The predicted molar refractivity (Wildman–Crippen MR) is 96.4 cm³/mol. The lowest BCUT2D eigenvalue weighted by molar-refractivity contribution is -0.124. The number of benzene rings is 1. The van der Waals surface area contributed by atoms with Crippen LogP contribution in [0.3, 0.4) is 0 Å². The number of carbonyl (C=O) groups is 2. The second-order valence-corrected chi connectivity index (χ2v) is 7.13. The van der Waals surface area contributed by atoms with E-state index in [2.05, 4.69) is 31.6 Å². The Balaban J connectivity index is 1.48. The summed E-state index contributed by atoms with van der Waals surface area (Å²) < 4.78 is 2.93. The van der Waals surface area contributed by atoms with E-state index in [0.29, 0.717) is 11.3 Å². The van der Waals surface area contributed by atoms with E-state index in [0.717, 1.165) is 27.9 Å². The molecule has 0 fully saturated rings. The van der Waals surface area contributed by atoms with Gasteiger partial charge in [-0.05, 0) is 31.9 Å². The number of fused-ring (bicyclic) bond motifs is 3. The SMILES string of the molecule is Cc1[nH]sc1C(=O)NNC(=O)C1Cc2c([nH]c3ccccc23)C(C)N1. The maximum absolute atomic E-state index is 12.5. The fraction of sp³-hybridized carbons (Fsp3) is 0.294. The number of amides is 2. The maximum Gasteiger partial charge on any atom is 0.283 e. The zero-order valence-corrected chi connectivity index (χ0v) is 14.7. The predicted octanol–water partition coefficient (Wildman–Crippen LogP) is 1.90. The van der Waals surface area contributed by atoms with E-state index in [-0.39, 0.29) is 17.9 Å². The molecule has 2 amide bonds. The second kappa shape index (κ2) is 6.05. The molecular weight excluding hydrogens is 338 g/mol. The summed E-state index contributed by atoms with van der Waals surface area (Å²) in [6.45, 7) is 3.84. The summed E-state index contributed by atoms with van der Waals surface area (Å²) in [4.78, 5) is 28.5. The van der Waals surface area contributed by atoms with Crippen LogP contribution in [0.25, 0.3) is 10.9 Å². The minimum atomic E-state index is -0.399. The van der Waals surface area contributed by atoms with Gasteiger partial charge < -0.3 is 9.36 Å². The molecule has 1 aliphatic rings. The van der Waals surface area contributed by atoms with Gasteiger partial charge in [-0.15, -0.1) is 0 Å². The summed E-state index contributed by atoms with van der Waals surface area (Å²) in [6, 6.07) is 7.72. The number of H-pyrrole nitrogens is 2. The van der Waals surface area contributed by atoms with E-state index >= 15 is 0 Å². The first kappa shape index (κ1) is 15.9. The Kier molecular flexibility index (Phi) is 3.85. The average Bonchev–Trinajstić information content (AvgIpc) is 2.97. The summed E-state index contributed by atoms with van der Waals surface area (Å²) in [5, 5.41) is 4.44. The molecule has 3 heterocycles. The molecule has 0 saturated carbocycles. The number of carbonyl (C=O) groups excluding carboxylic acids is 2. The van der Waals surface area contributed by atoms with E-state index in [1.54, 1.807) is 0 Å². The number of hydrogen-bond donors (Lipinski definition) is 5. The normalized spacial score (nSPS) is 19.6. The van der Waals surface area contributed by atoms with Gasteiger partial charge >= 0.3 is 0 Å². The van der Waals surface area contributed by atoms with E-state index in [1.807, 2.05) is 32.0 Å². The smallest absolute Gasteiger partial charge is 0.283 e. The monoisotopic (exact) mass is 357 g/mol. The van der Waals surface area contributed by atoms with Gasteiger partial charge in [0.05, 0.1) is 6.04 Å². The number of hydrogen-bond acceptors (Lipinski definition) is 4. The van der Waals surface area contributed by atoms with Gasteiger partial charge in [0.15, 0.2) is 0 Å². The van der Waals surface area contributed by atoms with Crippen LogP contribution in [0.15, 0.2) is 24.3 Å². The van der Waals surface area contributed by atoms with Crippen molar-refractivity contribution in [3.05, 3.63) is 46.1 Å². The van der Waals surface area contributed by atoms with Gasteiger partial charge in [-0.1, -0.05) is 29.7 Å². The molecule has 3 aromatic rings. The van der Waals surface area contributed by atoms with Crippen LogP contribution in [0.4, 0.5) is 0 Å². The van der Waals surface area contributed by atoms with Crippen molar-refractivity contribution < 1.29 is 9.59 Å². The van der Waals surface area contributed by atoms with Crippen molar-refractivity contribution in [1.29, 1.82) is 0 Å². The lowest BCUT2D eigenvalue weighted by atomic mass is 9.94. The first-order chi connectivity index (χ1) is 12.0. The van der Waals surface area contributed by atoms with Crippen LogP contribution in [-0.2, 0) is 11.2 Å². The van der Waals surface area contributed by atoms with Crippen LogP contribution in [0, 0.1) is 6.92 Å². The molecule has 5 N–H and O–H groups in total. The fourth-order valence-electron chi connectivity index (χ4n) is 3.31. The van der Waals surface area contributed by atoms with Crippen molar-refractivity contribution in [3.63, 3.8) is 0 Å². The van der Waals surface area contributed by atoms with Crippen molar-refractivity contribution in [2.45, 2.75) is 32.4 Å². The lowest BCUT2D eigenvalue weighted by Gasteiger charge is -2.28. The molecule has 0 aliphatic carbocycles. The van der Waals surface area contributed by atoms with Gasteiger partial charge in [-0.2, -0.15) is 0 Å². The third-order valence-electron chi connectivity index (χ3n) is 4.61. The largest absolute Gasteiger partial charge is 0.357 e. The number of rotatable bonds is 2. The third kappa shape index (κ3) is 2.73. The fourth-order valence-corrected chi connectivity index (χ4v) is 3.86. The lowest BCUT2D eigenvalue weighted by Crippen LogP contribution is -2.53. The Morgan fingerprint density at radius 1 is 1.24 bits per heavy atom. The minimum absolute atomic E-state index is 0.0268. The molecule has 2 aromatic heterocycles. The summed E-state index contributed by atoms with van der Waals surface area (Å²) in [5.74, 6) is -0.544.